The molecule has 0 amide bonds. The van der Waals surface area contributed by atoms with E-state index in [9.17, 15) is 0 Å². The van der Waals surface area contributed by atoms with Crippen molar-refractivity contribution in [3.63, 3.8) is 0 Å². The number of oxazole rings is 1. The van der Waals surface area contributed by atoms with Crippen molar-refractivity contribution in [2.45, 2.75) is 57.2 Å². The van der Waals surface area contributed by atoms with Crippen molar-refractivity contribution in [2.24, 2.45) is 0 Å². The average Bonchev–Trinajstić information content (AvgIpc) is 2.74. The Morgan fingerprint density at radius 1 is 1.24 bits per heavy atom. The van der Waals surface area contributed by atoms with Crippen molar-refractivity contribution in [2.75, 3.05) is 11.9 Å². The number of hydrogen-bond acceptors (Lipinski definition) is 6. The van der Waals surface area contributed by atoms with E-state index < -0.39 is 0 Å². The molecule has 0 aromatic carbocycles. The summed E-state index contributed by atoms with van der Waals surface area (Å²) in [6, 6.07) is 1.95. The summed E-state index contributed by atoms with van der Waals surface area (Å²) in [6.45, 7) is 11.1. The quantitative estimate of drug-likeness (QED) is 0.808. The minimum absolute atomic E-state index is 0.278. The van der Waals surface area contributed by atoms with E-state index in [0.29, 0.717) is 5.22 Å². The molecular weight excluding hydrogens is 284 g/mol. The first kappa shape index (κ1) is 15.8. The second-order valence-electron chi connectivity index (χ2n) is 5.25. The van der Waals surface area contributed by atoms with Crippen LogP contribution < -0.4 is 5.32 Å². The van der Waals surface area contributed by atoms with Crippen molar-refractivity contribution < 1.29 is 4.42 Å². The zero-order valence-electron chi connectivity index (χ0n) is 13.2. The largest absolute Gasteiger partial charge is 0.436 e. The van der Waals surface area contributed by atoms with Crippen LogP contribution in [-0.2, 0) is 0 Å². The van der Waals surface area contributed by atoms with Crippen LogP contribution in [0.5, 0.6) is 0 Å². The van der Waals surface area contributed by atoms with Crippen molar-refractivity contribution in [1.82, 2.24) is 15.0 Å². The van der Waals surface area contributed by atoms with Gasteiger partial charge in [0.1, 0.15) is 22.4 Å². The van der Waals surface area contributed by atoms with Crippen molar-refractivity contribution >= 4 is 17.6 Å². The molecule has 0 atom stereocenters. The maximum atomic E-state index is 5.61. The van der Waals surface area contributed by atoms with Crippen molar-refractivity contribution in [3.05, 3.63) is 23.3 Å². The van der Waals surface area contributed by atoms with Crippen molar-refractivity contribution in [1.29, 1.82) is 0 Å². The number of aryl methyl sites for hydroxylation is 2. The van der Waals surface area contributed by atoms with Gasteiger partial charge in [-0.05, 0) is 32.0 Å². The van der Waals surface area contributed by atoms with Crippen LogP contribution in [0, 0.1) is 13.8 Å². The minimum Gasteiger partial charge on any atom is -0.436 e. The van der Waals surface area contributed by atoms with Crippen LogP contribution >= 0.6 is 11.8 Å². The summed E-state index contributed by atoms with van der Waals surface area (Å²) in [5.41, 5.74) is 0.917. The maximum absolute atomic E-state index is 5.61. The van der Waals surface area contributed by atoms with Crippen LogP contribution in [0.25, 0.3) is 0 Å². The van der Waals surface area contributed by atoms with Gasteiger partial charge in [-0.1, -0.05) is 20.8 Å². The molecule has 6 heteroatoms. The molecule has 1 N–H and O–H groups in total. The van der Waals surface area contributed by atoms with E-state index in [2.05, 4.69) is 41.0 Å². The van der Waals surface area contributed by atoms with E-state index in [1.54, 1.807) is 0 Å². The normalized spacial score (nSPS) is 11.1. The molecule has 0 aliphatic carbocycles. The number of hydrogen-bond donors (Lipinski definition) is 1. The van der Waals surface area contributed by atoms with Crippen LogP contribution in [-0.4, -0.2) is 21.5 Å². The fourth-order valence-corrected chi connectivity index (χ4v) is 2.51. The number of nitrogens with one attached hydrogen (secondary N) is 1. The molecule has 0 spiro atoms. The second-order valence-corrected chi connectivity index (χ2v) is 6.23. The molecule has 0 aliphatic rings. The molecule has 0 unspecified atom stereocenters. The first-order chi connectivity index (χ1) is 9.99. The Labute approximate surface area is 130 Å². The van der Waals surface area contributed by atoms with E-state index in [-0.39, 0.29) is 5.92 Å². The van der Waals surface area contributed by atoms with Gasteiger partial charge in [0, 0.05) is 18.5 Å². The highest BCUT2D eigenvalue weighted by Gasteiger charge is 2.12. The Morgan fingerprint density at radius 2 is 2.00 bits per heavy atom. The van der Waals surface area contributed by atoms with Gasteiger partial charge in [0.25, 0.3) is 5.22 Å². The summed E-state index contributed by atoms with van der Waals surface area (Å²) in [4.78, 5) is 13.5. The van der Waals surface area contributed by atoms with Crippen molar-refractivity contribution in [3.8, 4) is 0 Å². The molecule has 0 fully saturated rings. The van der Waals surface area contributed by atoms with E-state index in [4.69, 9.17) is 4.42 Å². The van der Waals surface area contributed by atoms with E-state index in [1.165, 1.54) is 11.8 Å². The third-order valence-electron chi connectivity index (χ3n) is 2.99. The van der Waals surface area contributed by atoms with Gasteiger partial charge < -0.3 is 9.73 Å². The molecular formula is C15H22N4OS. The predicted molar refractivity (Wildman–Crippen MR) is 85.0 cm³/mol. The lowest BCUT2D eigenvalue weighted by molar-refractivity contribution is 0.431. The molecule has 0 bridgehead atoms. The summed E-state index contributed by atoms with van der Waals surface area (Å²) in [5.74, 6) is 2.82. The first-order valence-corrected chi connectivity index (χ1v) is 8.06. The summed E-state index contributed by atoms with van der Waals surface area (Å²) < 4.78 is 5.61. The Bertz CT molecular complexity index is 590. The number of aromatic nitrogens is 3. The summed E-state index contributed by atoms with van der Waals surface area (Å²) in [7, 11) is 0. The molecule has 114 valence electrons. The minimum atomic E-state index is 0.278. The lowest BCUT2D eigenvalue weighted by Gasteiger charge is -2.10. The lowest BCUT2D eigenvalue weighted by Crippen LogP contribution is -2.06. The van der Waals surface area contributed by atoms with Gasteiger partial charge in [-0.3, -0.25) is 0 Å². The Balaban J connectivity index is 2.26. The molecule has 2 aromatic heterocycles. The molecule has 2 heterocycles. The summed E-state index contributed by atoms with van der Waals surface area (Å²) >= 11 is 1.43. The van der Waals surface area contributed by atoms with Gasteiger partial charge in [0.2, 0.25) is 0 Å². The number of anilines is 1. The topological polar surface area (TPSA) is 63.8 Å². The molecule has 21 heavy (non-hydrogen) atoms. The fraction of sp³-hybridized carbons (Fsp3) is 0.533. The molecule has 0 radical (unpaired) electrons. The highest BCUT2D eigenvalue weighted by molar-refractivity contribution is 7.99. The van der Waals surface area contributed by atoms with Crippen LogP contribution in [0.2, 0.25) is 0 Å². The Kier molecular flexibility index (Phi) is 5.22. The lowest BCUT2D eigenvalue weighted by atomic mass is 10.2. The highest BCUT2D eigenvalue weighted by Crippen LogP contribution is 2.29. The van der Waals surface area contributed by atoms with E-state index in [1.807, 2.05) is 19.9 Å². The van der Waals surface area contributed by atoms with Crippen LogP contribution in [0.1, 0.15) is 50.4 Å². The molecule has 2 rings (SSSR count). The fourth-order valence-electron chi connectivity index (χ4n) is 1.67. The zero-order chi connectivity index (χ0) is 15.4. The van der Waals surface area contributed by atoms with Gasteiger partial charge in [-0.2, -0.15) is 0 Å². The van der Waals surface area contributed by atoms with Crippen LogP contribution in [0.15, 0.2) is 20.7 Å². The van der Waals surface area contributed by atoms with Gasteiger partial charge in [0.05, 0.1) is 5.69 Å². The molecule has 0 saturated heterocycles. The molecule has 0 saturated carbocycles. The zero-order valence-corrected chi connectivity index (χ0v) is 14.0. The SMILES string of the molecule is CCCNc1cc(Sc2nc(C)c(C)o2)nc(C(C)C)n1. The van der Waals surface area contributed by atoms with Crippen LogP contribution in [0.3, 0.4) is 0 Å². The molecule has 2 aromatic rings. The maximum Gasteiger partial charge on any atom is 0.262 e. The smallest absolute Gasteiger partial charge is 0.262 e. The monoisotopic (exact) mass is 306 g/mol. The summed E-state index contributed by atoms with van der Waals surface area (Å²) in [6.07, 6.45) is 1.06. The van der Waals surface area contributed by atoms with Crippen LogP contribution in [0.4, 0.5) is 5.82 Å². The second kappa shape index (κ2) is 6.93. The number of nitrogens with zero attached hydrogens (tertiary/aromatic N) is 3. The van der Waals surface area contributed by atoms with Gasteiger partial charge in [-0.15, -0.1) is 0 Å². The third kappa shape index (κ3) is 4.20. The van der Waals surface area contributed by atoms with E-state index in [0.717, 1.165) is 41.1 Å². The third-order valence-corrected chi connectivity index (χ3v) is 3.76. The number of rotatable bonds is 6. The Morgan fingerprint density at radius 3 is 2.57 bits per heavy atom. The first-order valence-electron chi connectivity index (χ1n) is 7.24. The van der Waals surface area contributed by atoms with Gasteiger partial charge in [-0.25, -0.2) is 15.0 Å². The van der Waals surface area contributed by atoms with Gasteiger partial charge >= 0.3 is 0 Å². The molecule has 0 aliphatic heterocycles. The average molecular weight is 306 g/mol. The predicted octanol–water partition coefficient (Wildman–Crippen LogP) is 4.18. The highest BCUT2D eigenvalue weighted by atomic mass is 32.2. The molecule has 5 nitrogen and oxygen atoms in total. The van der Waals surface area contributed by atoms with E-state index >= 15 is 0 Å². The van der Waals surface area contributed by atoms with Gasteiger partial charge in [0.15, 0.2) is 0 Å². The standard InChI is InChI=1S/C15H22N4OS/c1-6-7-16-12-8-13(19-14(18-12)9(2)3)21-15-17-10(4)11(5)20-15/h8-9H,6-7H2,1-5H3,(H,16,18,19). The Hall–Kier alpha value is -1.56. The summed E-state index contributed by atoms with van der Waals surface area (Å²) in [5, 5.41) is 4.80.